The molecule has 6 nitrogen and oxygen atoms in total. The number of amides is 2. The maximum atomic E-state index is 13.7. The predicted octanol–water partition coefficient (Wildman–Crippen LogP) is 1.99. The second-order valence-corrected chi connectivity index (χ2v) is 5.37. The first-order valence-corrected chi connectivity index (χ1v) is 6.48. The molecule has 20 heavy (non-hydrogen) atoms. The highest BCUT2D eigenvalue weighted by atomic mass is 35.5. The Kier molecular flexibility index (Phi) is 3.96. The molecule has 0 radical (unpaired) electrons. The number of carbonyl (C=O) groups is 2. The molecule has 0 saturated heterocycles. The number of hydrogen-bond donors (Lipinski definition) is 2. The molecule has 1 aromatic heterocycles. The van der Waals surface area contributed by atoms with Crippen molar-refractivity contribution in [3.63, 3.8) is 0 Å². The average Bonchev–Trinajstić information content (AvgIpc) is 2.81. The summed E-state index contributed by atoms with van der Waals surface area (Å²) in [4.78, 5) is 23.0. The van der Waals surface area contributed by atoms with Crippen molar-refractivity contribution in [1.82, 2.24) is 10.2 Å². The molecule has 0 aliphatic heterocycles. The monoisotopic (exact) mass is 314 g/mol. The third kappa shape index (κ3) is 2.91. The van der Waals surface area contributed by atoms with Crippen LogP contribution in [0.25, 0.3) is 0 Å². The van der Waals surface area contributed by atoms with Crippen molar-refractivity contribution in [2.24, 2.45) is 5.73 Å². The highest BCUT2D eigenvalue weighted by Crippen LogP contribution is 2.22. The van der Waals surface area contributed by atoms with Crippen LogP contribution in [0.15, 0.2) is 12.1 Å². The summed E-state index contributed by atoms with van der Waals surface area (Å²) >= 11 is 6.46. The smallest absolute Gasteiger partial charge is 0.286 e. The summed E-state index contributed by atoms with van der Waals surface area (Å²) in [7, 11) is 0. The lowest BCUT2D eigenvalue weighted by atomic mass is 10.1. The topological polar surface area (TPSA) is 98.0 Å². The van der Waals surface area contributed by atoms with Gasteiger partial charge in [0.15, 0.2) is 0 Å². The molecule has 3 N–H and O–H groups in total. The van der Waals surface area contributed by atoms with Gasteiger partial charge < -0.3 is 11.1 Å². The van der Waals surface area contributed by atoms with Crippen molar-refractivity contribution in [2.45, 2.75) is 6.92 Å². The summed E-state index contributed by atoms with van der Waals surface area (Å²) in [5.41, 5.74) is 5.36. The molecule has 1 heterocycles. The third-order valence-corrected chi connectivity index (χ3v) is 3.49. The zero-order valence-corrected chi connectivity index (χ0v) is 11.7. The molecular weight excluding hydrogens is 307 g/mol. The molecule has 2 aromatic rings. The number of benzene rings is 1. The van der Waals surface area contributed by atoms with E-state index in [0.29, 0.717) is 0 Å². The molecule has 0 fully saturated rings. The molecule has 0 aliphatic rings. The van der Waals surface area contributed by atoms with E-state index in [-0.39, 0.29) is 26.3 Å². The maximum Gasteiger partial charge on any atom is 0.286 e. The van der Waals surface area contributed by atoms with Crippen molar-refractivity contribution in [3.05, 3.63) is 38.6 Å². The van der Waals surface area contributed by atoms with Gasteiger partial charge in [0.2, 0.25) is 15.4 Å². The van der Waals surface area contributed by atoms with Crippen LogP contribution in [0.1, 0.15) is 25.7 Å². The van der Waals surface area contributed by atoms with Gasteiger partial charge >= 0.3 is 0 Å². The van der Waals surface area contributed by atoms with Crippen molar-refractivity contribution in [1.29, 1.82) is 0 Å². The van der Waals surface area contributed by atoms with Crippen LogP contribution >= 0.6 is 22.9 Å². The summed E-state index contributed by atoms with van der Waals surface area (Å²) in [6.45, 7) is 1.46. The average molecular weight is 315 g/mol. The molecule has 2 amide bonds. The number of nitrogens with zero attached hydrogens (tertiary/aromatic N) is 2. The van der Waals surface area contributed by atoms with Crippen molar-refractivity contribution in [3.8, 4) is 0 Å². The van der Waals surface area contributed by atoms with Crippen LogP contribution in [0.4, 0.5) is 10.1 Å². The van der Waals surface area contributed by atoms with Gasteiger partial charge in [0.1, 0.15) is 5.82 Å². The van der Waals surface area contributed by atoms with E-state index in [4.69, 9.17) is 17.3 Å². The quantitative estimate of drug-likeness (QED) is 0.905. The van der Waals surface area contributed by atoms with Gasteiger partial charge in [0.05, 0.1) is 0 Å². The van der Waals surface area contributed by atoms with Crippen LogP contribution in [-0.2, 0) is 0 Å². The number of carbonyl (C=O) groups excluding carboxylic acids is 2. The van der Waals surface area contributed by atoms with Crippen LogP contribution in [0.5, 0.6) is 0 Å². The highest BCUT2D eigenvalue weighted by molar-refractivity contribution is 7.17. The summed E-state index contributed by atoms with van der Waals surface area (Å²) in [6, 6.07) is 2.30. The van der Waals surface area contributed by atoms with E-state index >= 15 is 0 Å². The fourth-order valence-electron chi connectivity index (χ4n) is 1.42. The Bertz CT molecular complexity index is 704. The van der Waals surface area contributed by atoms with E-state index in [1.165, 1.54) is 13.0 Å². The first-order chi connectivity index (χ1) is 9.38. The number of primary amides is 1. The SMILES string of the molecule is Cc1c(F)cc(C(N)=O)cc1NC(=O)c1nnc(Cl)s1. The Morgan fingerprint density at radius 1 is 1.40 bits per heavy atom. The Balaban J connectivity index is 2.33. The third-order valence-electron chi connectivity index (χ3n) is 2.47. The Hall–Kier alpha value is -2.06. The van der Waals surface area contributed by atoms with Crippen molar-refractivity contribution >= 4 is 40.4 Å². The molecule has 0 aliphatic carbocycles. The Labute approximate surface area is 121 Å². The molecule has 9 heteroatoms. The molecule has 0 unspecified atom stereocenters. The van der Waals surface area contributed by atoms with E-state index in [2.05, 4.69) is 15.5 Å². The van der Waals surface area contributed by atoms with Gasteiger partial charge in [0.25, 0.3) is 5.91 Å². The van der Waals surface area contributed by atoms with Gasteiger partial charge in [-0.2, -0.15) is 0 Å². The first kappa shape index (κ1) is 14.4. The number of hydrogen-bond acceptors (Lipinski definition) is 5. The van der Waals surface area contributed by atoms with Crippen molar-refractivity contribution in [2.75, 3.05) is 5.32 Å². The first-order valence-electron chi connectivity index (χ1n) is 5.29. The summed E-state index contributed by atoms with van der Waals surface area (Å²) in [6.07, 6.45) is 0. The van der Waals surface area contributed by atoms with Crippen LogP contribution in [-0.4, -0.2) is 22.0 Å². The van der Waals surface area contributed by atoms with Crippen LogP contribution in [0, 0.1) is 12.7 Å². The molecule has 0 saturated carbocycles. The summed E-state index contributed by atoms with van der Waals surface area (Å²) < 4.78 is 13.8. The Morgan fingerprint density at radius 2 is 2.10 bits per heavy atom. The van der Waals surface area contributed by atoms with E-state index in [9.17, 15) is 14.0 Å². The standard InChI is InChI=1S/C11H8ClFN4O2S/c1-4-6(13)2-5(8(14)18)3-7(4)15-9(19)10-16-17-11(12)20-10/h2-3H,1H3,(H2,14,18)(H,15,19). The number of nitrogens with two attached hydrogens (primary N) is 1. The lowest BCUT2D eigenvalue weighted by Crippen LogP contribution is -2.16. The second kappa shape index (κ2) is 5.51. The van der Waals surface area contributed by atoms with E-state index in [0.717, 1.165) is 17.4 Å². The van der Waals surface area contributed by atoms with E-state index in [1.807, 2.05) is 0 Å². The maximum absolute atomic E-state index is 13.7. The minimum atomic E-state index is -0.793. The minimum Gasteiger partial charge on any atom is -0.366 e. The highest BCUT2D eigenvalue weighted by Gasteiger charge is 2.16. The lowest BCUT2D eigenvalue weighted by molar-refractivity contribution is 0.0995. The van der Waals surface area contributed by atoms with Gasteiger partial charge in [-0.25, -0.2) is 4.39 Å². The van der Waals surface area contributed by atoms with Gasteiger partial charge in [-0.15, -0.1) is 10.2 Å². The van der Waals surface area contributed by atoms with E-state index < -0.39 is 17.6 Å². The van der Waals surface area contributed by atoms with Crippen LogP contribution in [0.3, 0.4) is 0 Å². The summed E-state index contributed by atoms with van der Waals surface area (Å²) in [5.74, 6) is -2.04. The van der Waals surface area contributed by atoms with E-state index in [1.54, 1.807) is 0 Å². The zero-order chi connectivity index (χ0) is 14.9. The lowest BCUT2D eigenvalue weighted by Gasteiger charge is -2.09. The molecule has 0 spiro atoms. The largest absolute Gasteiger partial charge is 0.366 e. The number of rotatable bonds is 3. The van der Waals surface area contributed by atoms with Gasteiger partial charge in [-0.1, -0.05) is 11.3 Å². The number of halogens is 2. The molecule has 104 valence electrons. The number of nitrogens with one attached hydrogen (secondary N) is 1. The van der Waals surface area contributed by atoms with Gasteiger partial charge in [-0.05, 0) is 30.7 Å². The molecular formula is C11H8ClFN4O2S. The second-order valence-electron chi connectivity index (χ2n) is 3.81. The number of anilines is 1. The number of aromatic nitrogens is 2. The molecule has 0 atom stereocenters. The van der Waals surface area contributed by atoms with Crippen molar-refractivity contribution < 1.29 is 14.0 Å². The molecule has 2 rings (SSSR count). The minimum absolute atomic E-state index is 0.0271. The van der Waals surface area contributed by atoms with Crippen LogP contribution < -0.4 is 11.1 Å². The van der Waals surface area contributed by atoms with Gasteiger partial charge in [-0.3, -0.25) is 9.59 Å². The van der Waals surface area contributed by atoms with Gasteiger partial charge in [0, 0.05) is 16.8 Å². The fourth-order valence-corrected chi connectivity index (χ4v) is 2.15. The fraction of sp³-hybridized carbons (Fsp3) is 0.0909. The summed E-state index contributed by atoms with van der Waals surface area (Å²) in [5, 5.41) is 9.52. The Morgan fingerprint density at radius 3 is 2.65 bits per heavy atom. The molecule has 1 aromatic carbocycles. The van der Waals surface area contributed by atoms with Crippen LogP contribution in [0.2, 0.25) is 4.47 Å². The normalized spacial score (nSPS) is 10.3. The zero-order valence-electron chi connectivity index (χ0n) is 10.1. The molecule has 0 bridgehead atoms. The predicted molar refractivity (Wildman–Crippen MR) is 72.5 cm³/mol.